The van der Waals surface area contributed by atoms with Crippen molar-refractivity contribution in [1.29, 1.82) is 0 Å². The second-order valence-electron chi connectivity index (χ2n) is 1.43. The molecule has 6 heavy (non-hydrogen) atoms. The third-order valence-corrected chi connectivity index (χ3v) is 2.27. The lowest BCUT2D eigenvalue weighted by Gasteiger charge is -2.23. The van der Waals surface area contributed by atoms with E-state index >= 15 is 0 Å². The molecule has 0 aromatic heterocycles. The SMILES string of the molecule is [O-][S+]1CC(O)C1. The molecule has 0 radical (unpaired) electrons. The first-order chi connectivity index (χ1) is 2.79. The van der Waals surface area contributed by atoms with Crippen molar-refractivity contribution in [2.45, 2.75) is 6.10 Å². The minimum atomic E-state index is -0.672. The summed E-state index contributed by atoms with van der Waals surface area (Å²) in [5.74, 6) is 1.00. The molecule has 3 heteroatoms. The molecule has 1 aliphatic heterocycles. The Morgan fingerprint density at radius 2 is 2.17 bits per heavy atom. The second-order valence-corrected chi connectivity index (χ2v) is 2.97. The molecule has 1 saturated heterocycles. The van der Waals surface area contributed by atoms with Crippen LogP contribution in [-0.2, 0) is 11.2 Å². The summed E-state index contributed by atoms with van der Waals surface area (Å²) in [6, 6.07) is 0. The Hall–Kier alpha value is 0.270. The summed E-state index contributed by atoms with van der Waals surface area (Å²) in [4.78, 5) is 0. The second kappa shape index (κ2) is 1.40. The van der Waals surface area contributed by atoms with Crippen molar-refractivity contribution < 1.29 is 9.66 Å². The van der Waals surface area contributed by atoms with Crippen molar-refractivity contribution in [2.24, 2.45) is 0 Å². The zero-order valence-electron chi connectivity index (χ0n) is 3.26. The fraction of sp³-hybridized carbons (Fsp3) is 1.00. The molecule has 0 aromatic carbocycles. The van der Waals surface area contributed by atoms with Gasteiger partial charge >= 0.3 is 0 Å². The summed E-state index contributed by atoms with van der Waals surface area (Å²) < 4.78 is 10.1. The van der Waals surface area contributed by atoms with Crippen LogP contribution in [0.25, 0.3) is 0 Å². The average Bonchev–Trinajstić information content (AvgIpc) is 1.33. The van der Waals surface area contributed by atoms with Gasteiger partial charge < -0.3 is 9.66 Å². The summed E-state index contributed by atoms with van der Waals surface area (Å²) in [5.41, 5.74) is 0. The molecule has 0 amide bonds. The highest BCUT2D eigenvalue weighted by Crippen LogP contribution is 2.08. The van der Waals surface area contributed by atoms with Crippen LogP contribution in [0.2, 0.25) is 0 Å². The number of hydrogen-bond acceptors (Lipinski definition) is 2. The number of aliphatic hydroxyl groups excluding tert-OH is 1. The van der Waals surface area contributed by atoms with Crippen LogP contribution in [0, 0.1) is 0 Å². The molecule has 2 nitrogen and oxygen atoms in total. The van der Waals surface area contributed by atoms with Crippen molar-refractivity contribution in [3.8, 4) is 0 Å². The van der Waals surface area contributed by atoms with Crippen molar-refractivity contribution in [3.05, 3.63) is 0 Å². The lowest BCUT2D eigenvalue weighted by molar-refractivity contribution is 0.204. The predicted octanol–water partition coefficient (Wildman–Crippen LogP) is -0.890. The summed E-state index contributed by atoms with van der Waals surface area (Å²) in [6.07, 6.45) is -0.258. The van der Waals surface area contributed by atoms with Crippen LogP contribution in [-0.4, -0.2) is 27.3 Å². The summed E-state index contributed by atoms with van der Waals surface area (Å²) in [5, 5.41) is 8.43. The van der Waals surface area contributed by atoms with Gasteiger partial charge in [0.2, 0.25) is 0 Å². The largest absolute Gasteiger partial charge is 0.616 e. The maximum absolute atomic E-state index is 10.1. The van der Waals surface area contributed by atoms with E-state index in [0.29, 0.717) is 11.5 Å². The van der Waals surface area contributed by atoms with E-state index in [4.69, 9.17) is 5.11 Å². The van der Waals surface area contributed by atoms with Gasteiger partial charge in [0.05, 0.1) is 0 Å². The van der Waals surface area contributed by atoms with Crippen LogP contribution in [0.4, 0.5) is 0 Å². The Labute approximate surface area is 39.4 Å². The van der Waals surface area contributed by atoms with Gasteiger partial charge in [0.25, 0.3) is 0 Å². The molecule has 1 heterocycles. The van der Waals surface area contributed by atoms with Gasteiger partial charge in [0, 0.05) is 0 Å². The molecule has 0 unspecified atom stereocenters. The Balaban J connectivity index is 2.11. The smallest absolute Gasteiger partial charge is 0.143 e. The molecular formula is C3H6O2S. The monoisotopic (exact) mass is 106 g/mol. The molecule has 1 aliphatic rings. The lowest BCUT2D eigenvalue weighted by Crippen LogP contribution is -2.40. The van der Waals surface area contributed by atoms with Gasteiger partial charge in [0.15, 0.2) is 0 Å². The average molecular weight is 106 g/mol. The Bertz CT molecular complexity index is 44.8. The molecule has 36 valence electrons. The van der Waals surface area contributed by atoms with Gasteiger partial charge in [-0.05, 0) is 11.2 Å². The van der Waals surface area contributed by atoms with Crippen LogP contribution in [0.1, 0.15) is 0 Å². The van der Waals surface area contributed by atoms with Crippen LogP contribution in [0.15, 0.2) is 0 Å². The molecule has 0 saturated carbocycles. The molecule has 0 spiro atoms. The minimum absolute atomic E-state index is 0.258. The van der Waals surface area contributed by atoms with E-state index in [1.54, 1.807) is 0 Å². The van der Waals surface area contributed by atoms with Gasteiger partial charge in [-0.25, -0.2) is 0 Å². The van der Waals surface area contributed by atoms with Gasteiger partial charge in [-0.15, -0.1) is 0 Å². The molecule has 0 aromatic rings. The van der Waals surface area contributed by atoms with E-state index in [0.717, 1.165) is 0 Å². The quantitative estimate of drug-likeness (QED) is 0.407. The molecule has 0 bridgehead atoms. The Morgan fingerprint density at radius 3 is 2.17 bits per heavy atom. The van der Waals surface area contributed by atoms with Gasteiger partial charge in [-0.1, -0.05) is 0 Å². The fourth-order valence-corrected chi connectivity index (χ4v) is 1.14. The lowest BCUT2D eigenvalue weighted by atomic mass is 10.5. The van der Waals surface area contributed by atoms with Crippen molar-refractivity contribution in [1.82, 2.24) is 0 Å². The highest BCUT2D eigenvalue weighted by atomic mass is 32.2. The van der Waals surface area contributed by atoms with Gasteiger partial charge in [-0.2, -0.15) is 0 Å². The molecule has 0 aliphatic carbocycles. The number of aliphatic hydroxyl groups is 1. The molecule has 1 fully saturated rings. The molecule has 1 rings (SSSR count). The molecular weight excluding hydrogens is 100 g/mol. The highest BCUT2D eigenvalue weighted by molar-refractivity contribution is 7.92. The third kappa shape index (κ3) is 0.668. The number of rotatable bonds is 0. The molecule has 1 N–H and O–H groups in total. The topological polar surface area (TPSA) is 43.3 Å². The minimum Gasteiger partial charge on any atom is -0.616 e. The summed E-state index contributed by atoms with van der Waals surface area (Å²) in [6.45, 7) is 0. The zero-order chi connectivity index (χ0) is 4.57. The summed E-state index contributed by atoms with van der Waals surface area (Å²) >= 11 is -0.672. The van der Waals surface area contributed by atoms with Crippen molar-refractivity contribution in [3.63, 3.8) is 0 Å². The van der Waals surface area contributed by atoms with Crippen molar-refractivity contribution in [2.75, 3.05) is 11.5 Å². The highest BCUT2D eigenvalue weighted by Gasteiger charge is 2.28. The van der Waals surface area contributed by atoms with E-state index < -0.39 is 11.2 Å². The van der Waals surface area contributed by atoms with Crippen LogP contribution in [0.3, 0.4) is 0 Å². The maximum atomic E-state index is 10.1. The first kappa shape index (κ1) is 4.43. The van der Waals surface area contributed by atoms with Gasteiger partial charge in [-0.3, -0.25) is 0 Å². The normalized spacial score (nSPS) is 45.0. The van der Waals surface area contributed by atoms with E-state index in [1.807, 2.05) is 0 Å². The standard InChI is InChI=1S/C3H6O2S/c4-3-1-6(5)2-3/h3-4H,1-2H2. The maximum Gasteiger partial charge on any atom is 0.143 e. The zero-order valence-corrected chi connectivity index (χ0v) is 4.07. The van der Waals surface area contributed by atoms with Crippen LogP contribution >= 0.6 is 0 Å². The van der Waals surface area contributed by atoms with E-state index in [2.05, 4.69) is 0 Å². The first-order valence-corrected chi connectivity index (χ1v) is 3.31. The van der Waals surface area contributed by atoms with E-state index in [1.165, 1.54) is 0 Å². The third-order valence-electron chi connectivity index (χ3n) is 0.757. The van der Waals surface area contributed by atoms with Crippen LogP contribution in [0.5, 0.6) is 0 Å². The fourth-order valence-electron chi connectivity index (χ4n) is 0.380. The van der Waals surface area contributed by atoms with E-state index in [9.17, 15) is 4.55 Å². The Morgan fingerprint density at radius 1 is 1.67 bits per heavy atom. The van der Waals surface area contributed by atoms with Gasteiger partial charge in [0.1, 0.15) is 17.6 Å². The summed E-state index contributed by atoms with van der Waals surface area (Å²) in [7, 11) is 0. The Kier molecular flexibility index (Phi) is 1.04. The van der Waals surface area contributed by atoms with E-state index in [-0.39, 0.29) is 6.10 Å². The first-order valence-electron chi connectivity index (χ1n) is 1.82. The van der Waals surface area contributed by atoms with Crippen molar-refractivity contribution >= 4 is 11.2 Å². The molecule has 0 atom stereocenters. The van der Waals surface area contributed by atoms with Crippen LogP contribution < -0.4 is 0 Å². The predicted molar refractivity (Wildman–Crippen MR) is 23.9 cm³/mol. The number of hydrogen-bond donors (Lipinski definition) is 1.